The zero-order valence-corrected chi connectivity index (χ0v) is 21.9. The van der Waals surface area contributed by atoms with Gasteiger partial charge in [-0.3, -0.25) is 0 Å². The molecule has 0 spiro atoms. The Morgan fingerprint density at radius 1 is 0.714 bits per heavy atom. The maximum atomic E-state index is 13.2. The molecule has 1 amide bonds. The van der Waals surface area contributed by atoms with Crippen LogP contribution in [0, 0.1) is 0 Å². The average molecular weight is 548 g/mol. The molecule has 0 saturated carbocycles. The Labute approximate surface area is 214 Å². The number of esters is 1. The van der Waals surface area contributed by atoms with Crippen molar-refractivity contribution in [3.8, 4) is 0 Å². The van der Waals surface area contributed by atoms with E-state index < -0.39 is 17.3 Å². The topological polar surface area (TPSA) is 55.4 Å². The molecule has 4 nitrogen and oxygen atoms in total. The van der Waals surface area contributed by atoms with Crippen LogP contribution in [-0.4, -0.2) is 31.2 Å². The van der Waals surface area contributed by atoms with E-state index in [1.54, 1.807) is 24.3 Å². The van der Waals surface area contributed by atoms with Crippen LogP contribution in [0.1, 0.15) is 10.4 Å². The molecular formula is C29H27BrNO3P. The summed E-state index contributed by atoms with van der Waals surface area (Å²) in [5.41, 5.74) is 0.482. The molecule has 0 heterocycles. The van der Waals surface area contributed by atoms with Gasteiger partial charge in [0.1, 0.15) is 0 Å². The molecule has 0 bridgehead atoms. The summed E-state index contributed by atoms with van der Waals surface area (Å²) in [6, 6.07) is 38.4. The number of nitrogens with one attached hydrogen (secondary N) is 1. The summed E-state index contributed by atoms with van der Waals surface area (Å²) < 4.78 is 5.19. The summed E-state index contributed by atoms with van der Waals surface area (Å²) in [5, 5.41) is 2.67. The fourth-order valence-corrected chi connectivity index (χ4v) is 12.3. The Hall–Kier alpha value is -3.27. The molecular weight excluding hydrogens is 521 g/mol. The summed E-state index contributed by atoms with van der Waals surface area (Å²) >= 11 is 4.33. The van der Waals surface area contributed by atoms with E-state index in [0.29, 0.717) is 11.7 Å². The molecule has 0 saturated heterocycles. The predicted octanol–water partition coefficient (Wildman–Crippen LogP) is 4.80. The number of hydrogen-bond donors (Lipinski definition) is 1. The molecule has 0 aliphatic carbocycles. The molecule has 4 aromatic carbocycles. The van der Waals surface area contributed by atoms with E-state index in [-0.39, 0.29) is 5.91 Å². The van der Waals surface area contributed by atoms with Gasteiger partial charge in [-0.1, -0.05) is 0 Å². The number of rotatable bonds is 8. The van der Waals surface area contributed by atoms with Crippen LogP contribution in [0.3, 0.4) is 0 Å². The van der Waals surface area contributed by atoms with Gasteiger partial charge >= 0.3 is 214 Å². The first-order valence-corrected chi connectivity index (χ1v) is 15.7. The van der Waals surface area contributed by atoms with Crippen molar-refractivity contribution in [3.05, 3.63) is 127 Å². The number of halogens is 1. The molecule has 0 fully saturated rings. The van der Waals surface area contributed by atoms with Crippen LogP contribution in [0.4, 0.5) is 0 Å². The Balaban J connectivity index is 1.93. The number of carbonyl (C=O) groups excluding carboxylic acids is 2. The molecule has 35 heavy (non-hydrogen) atoms. The van der Waals surface area contributed by atoms with Gasteiger partial charge in [-0.15, -0.1) is 0 Å². The molecule has 1 atom stereocenters. The molecule has 4 aromatic rings. The minimum absolute atomic E-state index is 0.300. The van der Waals surface area contributed by atoms with Gasteiger partial charge in [0.25, 0.3) is 0 Å². The fraction of sp³-hybridized carbons (Fsp3) is 0.103. The number of ether oxygens (including phenoxy) is 1. The first-order chi connectivity index (χ1) is 17.0. The number of carbonyl (C=O) groups is 2. The molecule has 0 unspecified atom stereocenters. The predicted molar refractivity (Wildman–Crippen MR) is 149 cm³/mol. The summed E-state index contributed by atoms with van der Waals surface area (Å²) in [7, 11) is 1.35. The average Bonchev–Trinajstić information content (AvgIpc) is 2.94. The normalized spacial score (nSPS) is 13.1. The summed E-state index contributed by atoms with van der Waals surface area (Å²) in [4.78, 5) is 26.3. The van der Waals surface area contributed by atoms with Gasteiger partial charge in [-0.25, -0.2) is 0 Å². The van der Waals surface area contributed by atoms with E-state index in [2.05, 4.69) is 57.2 Å². The van der Waals surface area contributed by atoms with Crippen molar-refractivity contribution in [2.24, 2.45) is 0 Å². The zero-order valence-electron chi connectivity index (χ0n) is 19.4. The van der Waals surface area contributed by atoms with E-state index in [9.17, 15) is 9.59 Å². The summed E-state index contributed by atoms with van der Waals surface area (Å²) in [6.45, 7) is 0. The monoisotopic (exact) mass is 547 g/mol. The van der Waals surface area contributed by atoms with Gasteiger partial charge in [-0.2, -0.15) is 0 Å². The molecule has 0 aliphatic rings. The zero-order chi connectivity index (χ0) is 24.8. The third kappa shape index (κ3) is 4.80. The Morgan fingerprint density at radius 3 is 1.46 bits per heavy atom. The van der Waals surface area contributed by atoms with E-state index in [4.69, 9.17) is 4.74 Å². The van der Waals surface area contributed by atoms with Gasteiger partial charge < -0.3 is 0 Å². The van der Waals surface area contributed by atoms with E-state index in [1.807, 2.05) is 60.7 Å². The standard InChI is InChI=1S/C29H27BrNO3P/c1-34-29(33)27(31-28(32)23-14-6-2-7-15-23)22-35(30,24-16-8-3-9-17-24,25-18-10-4-11-19-25)26-20-12-5-13-21-26/h2-21,27H,22H2,1H3,(H,31,32)/t27-/m1/s1. The van der Waals surface area contributed by atoms with E-state index in [1.165, 1.54) is 7.11 Å². The Bertz CT molecular complexity index is 1190. The van der Waals surface area contributed by atoms with Crippen molar-refractivity contribution >= 4 is 48.6 Å². The van der Waals surface area contributed by atoms with Gasteiger partial charge in [0.15, 0.2) is 0 Å². The van der Waals surface area contributed by atoms with Crippen LogP contribution in [0.2, 0.25) is 0 Å². The van der Waals surface area contributed by atoms with Crippen molar-refractivity contribution in [1.82, 2.24) is 5.32 Å². The molecule has 1 N–H and O–H groups in total. The summed E-state index contributed by atoms with van der Waals surface area (Å²) in [6.07, 6.45) is 0.300. The Morgan fingerprint density at radius 2 is 1.09 bits per heavy atom. The molecule has 178 valence electrons. The van der Waals surface area contributed by atoms with Gasteiger partial charge in [0.05, 0.1) is 0 Å². The molecule has 0 aliphatic heterocycles. The first-order valence-electron chi connectivity index (χ1n) is 11.3. The number of methoxy groups -OCH3 is 1. The van der Waals surface area contributed by atoms with Crippen molar-refractivity contribution < 1.29 is 14.3 Å². The fourth-order valence-electron chi connectivity index (χ4n) is 4.48. The van der Waals surface area contributed by atoms with Crippen molar-refractivity contribution in [1.29, 1.82) is 0 Å². The third-order valence-electron chi connectivity index (χ3n) is 6.24. The second kappa shape index (κ2) is 10.6. The molecule has 0 radical (unpaired) electrons. The van der Waals surface area contributed by atoms with Crippen molar-refractivity contribution in [2.75, 3.05) is 13.3 Å². The van der Waals surface area contributed by atoms with Crippen LogP contribution in [0.15, 0.2) is 121 Å². The molecule has 6 heteroatoms. The first kappa shape index (κ1) is 24.8. The number of benzene rings is 4. The Kier molecular flexibility index (Phi) is 7.49. The van der Waals surface area contributed by atoms with Crippen LogP contribution in [-0.2, 0) is 9.53 Å². The van der Waals surface area contributed by atoms with E-state index in [0.717, 1.165) is 15.9 Å². The number of amides is 1. The third-order valence-corrected chi connectivity index (χ3v) is 16.0. The quantitative estimate of drug-likeness (QED) is 0.255. The van der Waals surface area contributed by atoms with E-state index >= 15 is 0 Å². The maximum absolute atomic E-state index is 13.2. The van der Waals surface area contributed by atoms with Gasteiger partial charge in [-0.05, 0) is 0 Å². The van der Waals surface area contributed by atoms with Crippen LogP contribution >= 0.6 is 20.8 Å². The van der Waals surface area contributed by atoms with Crippen LogP contribution in [0.25, 0.3) is 0 Å². The second-order valence-electron chi connectivity index (χ2n) is 8.29. The molecule has 0 aromatic heterocycles. The van der Waals surface area contributed by atoms with Crippen LogP contribution < -0.4 is 21.2 Å². The van der Waals surface area contributed by atoms with Crippen molar-refractivity contribution in [2.45, 2.75) is 6.04 Å². The van der Waals surface area contributed by atoms with Crippen molar-refractivity contribution in [3.63, 3.8) is 0 Å². The van der Waals surface area contributed by atoms with Gasteiger partial charge in [0.2, 0.25) is 0 Å². The minimum atomic E-state index is -3.46. The number of hydrogen-bond acceptors (Lipinski definition) is 3. The summed E-state index contributed by atoms with van der Waals surface area (Å²) in [5.74, 6) is -0.821. The van der Waals surface area contributed by atoms with Gasteiger partial charge in [0, 0.05) is 0 Å². The second-order valence-corrected chi connectivity index (χ2v) is 17.3. The van der Waals surface area contributed by atoms with Crippen LogP contribution in [0.5, 0.6) is 0 Å². The SMILES string of the molecule is COC(=O)[C@@H](CP(Br)(c1ccccc1)(c1ccccc1)c1ccccc1)NC(=O)c1ccccc1. The molecule has 4 rings (SSSR count).